The summed E-state index contributed by atoms with van der Waals surface area (Å²) < 4.78 is 66.0. The van der Waals surface area contributed by atoms with E-state index < -0.39 is 32.0 Å². The number of rotatable bonds is 11. The van der Waals surface area contributed by atoms with Crippen molar-refractivity contribution in [1.82, 2.24) is 3.71 Å². The van der Waals surface area contributed by atoms with Crippen LogP contribution < -0.4 is 0 Å². The van der Waals surface area contributed by atoms with E-state index in [0.717, 1.165) is 5.56 Å². The zero-order valence-electron chi connectivity index (χ0n) is 20.5. The quantitative estimate of drug-likeness (QED) is 0.155. The molecule has 0 saturated heterocycles. The number of carbonyl (C=O) groups is 1. The molecule has 0 saturated carbocycles. The van der Waals surface area contributed by atoms with E-state index in [2.05, 4.69) is 0 Å². The summed E-state index contributed by atoms with van der Waals surface area (Å²) >= 11 is 0. The molecule has 0 aliphatic heterocycles. The number of nitrogens with zero attached hydrogens (tertiary/aromatic N) is 1. The topological polar surface area (TPSA) is 107 Å². The molecule has 3 rings (SSSR count). The van der Waals surface area contributed by atoms with Crippen molar-refractivity contribution in [3.63, 3.8) is 0 Å². The predicted molar refractivity (Wildman–Crippen MR) is 140 cm³/mol. The third-order valence-electron chi connectivity index (χ3n) is 5.35. The lowest BCUT2D eigenvalue weighted by Gasteiger charge is -2.25. The fourth-order valence-electron chi connectivity index (χ4n) is 3.46. The first-order valence-corrected chi connectivity index (χ1v) is 14.0. The van der Waals surface area contributed by atoms with Crippen LogP contribution in [-0.2, 0) is 34.3 Å². The Morgan fingerprint density at radius 3 is 1.62 bits per heavy atom. The summed E-state index contributed by atoms with van der Waals surface area (Å²) in [7, 11) is -6.73. The minimum absolute atomic E-state index is 0.0353. The van der Waals surface area contributed by atoms with Crippen molar-refractivity contribution in [1.29, 1.82) is 0 Å². The van der Waals surface area contributed by atoms with Gasteiger partial charge in [0.1, 0.15) is 5.70 Å². The monoisotopic (exact) mass is 541 g/mol. The van der Waals surface area contributed by atoms with Gasteiger partial charge in [-0.05, 0) is 42.8 Å². The summed E-state index contributed by atoms with van der Waals surface area (Å²) in [6, 6.07) is 21.0. The Morgan fingerprint density at radius 2 is 1.22 bits per heavy atom. The van der Waals surface area contributed by atoms with Crippen LogP contribution >= 0.6 is 0 Å². The molecule has 10 heteroatoms. The highest BCUT2D eigenvalue weighted by atomic mass is 32.3. The van der Waals surface area contributed by atoms with Gasteiger partial charge in [-0.25, -0.2) is 16.8 Å². The molecular weight excluding hydrogens is 514 g/mol. The minimum Gasteiger partial charge on any atom is -0.352 e. The van der Waals surface area contributed by atoms with Crippen LogP contribution in [0.1, 0.15) is 11.1 Å². The Balaban J connectivity index is 2.43. The van der Waals surface area contributed by atoms with Crippen LogP contribution in [0.4, 0.5) is 0 Å². The third kappa shape index (κ3) is 6.23. The smallest absolute Gasteiger partial charge is 0.277 e. The van der Waals surface area contributed by atoms with E-state index in [1.54, 1.807) is 36.4 Å². The first-order valence-electron chi connectivity index (χ1n) is 11.1. The van der Waals surface area contributed by atoms with Gasteiger partial charge in [0.25, 0.3) is 20.0 Å². The van der Waals surface area contributed by atoms with Gasteiger partial charge in [0, 0.05) is 19.8 Å². The molecule has 0 bridgehead atoms. The van der Waals surface area contributed by atoms with Crippen molar-refractivity contribution < 1.29 is 31.1 Å². The standard InChI is InChI=1S/C27H27NO7S2/c1-21-14-16-22(17-15-21)25(18-19-27(34-2)35-3)26(20-29)28(36(30,31)23-10-6-4-7-11-23)37(32,33)24-12-8-5-9-13-24/h4-20,27H,1-3H3/b19-18+,26-25+. The van der Waals surface area contributed by atoms with Crippen molar-refractivity contribution >= 4 is 31.9 Å². The van der Waals surface area contributed by atoms with E-state index in [1.165, 1.54) is 74.9 Å². The molecule has 0 unspecified atom stereocenters. The van der Waals surface area contributed by atoms with Crippen molar-refractivity contribution in [3.8, 4) is 0 Å². The van der Waals surface area contributed by atoms with Crippen LogP contribution in [0.5, 0.6) is 0 Å². The van der Waals surface area contributed by atoms with Gasteiger partial charge in [0.05, 0.1) is 9.79 Å². The van der Waals surface area contributed by atoms with E-state index >= 15 is 0 Å². The number of benzene rings is 3. The molecule has 0 aliphatic carbocycles. The fraction of sp³-hybridized carbons (Fsp3) is 0.148. The number of hydrogen-bond acceptors (Lipinski definition) is 7. The lowest BCUT2D eigenvalue weighted by Crippen LogP contribution is -2.37. The normalized spacial score (nSPS) is 13.0. The summed E-state index contributed by atoms with van der Waals surface area (Å²) in [5.41, 5.74) is 0.760. The van der Waals surface area contributed by atoms with Crippen LogP contribution in [0, 0.1) is 6.92 Å². The predicted octanol–water partition coefficient (Wildman–Crippen LogP) is 4.16. The summed E-state index contributed by atoms with van der Waals surface area (Å²) in [5.74, 6) is 0. The number of ether oxygens (including phenoxy) is 2. The third-order valence-corrected chi connectivity index (χ3v) is 9.53. The Morgan fingerprint density at radius 1 is 0.757 bits per heavy atom. The maximum absolute atomic E-state index is 13.9. The van der Waals surface area contributed by atoms with E-state index in [4.69, 9.17) is 9.47 Å². The summed E-state index contributed by atoms with van der Waals surface area (Å²) in [4.78, 5) is 12.0. The molecule has 0 heterocycles. The molecule has 3 aromatic rings. The second-order valence-electron chi connectivity index (χ2n) is 7.82. The number of aldehydes is 1. The molecule has 194 valence electrons. The Bertz CT molecular complexity index is 1410. The molecule has 8 nitrogen and oxygen atoms in total. The average Bonchev–Trinajstić information content (AvgIpc) is 2.91. The molecule has 0 aromatic heterocycles. The van der Waals surface area contributed by atoms with E-state index in [1.807, 2.05) is 6.92 Å². The molecule has 0 fully saturated rings. The van der Waals surface area contributed by atoms with Crippen molar-refractivity contribution in [3.05, 3.63) is 114 Å². The molecule has 0 spiro atoms. The maximum Gasteiger partial charge on any atom is 0.277 e. The summed E-state index contributed by atoms with van der Waals surface area (Å²) in [6.07, 6.45) is 2.23. The van der Waals surface area contributed by atoms with Gasteiger partial charge in [-0.3, -0.25) is 4.79 Å². The zero-order valence-corrected chi connectivity index (χ0v) is 22.1. The average molecular weight is 542 g/mol. The van der Waals surface area contributed by atoms with Crippen molar-refractivity contribution in [2.24, 2.45) is 0 Å². The van der Waals surface area contributed by atoms with Gasteiger partial charge in [-0.15, -0.1) is 0 Å². The molecule has 0 atom stereocenters. The largest absolute Gasteiger partial charge is 0.352 e. The number of methoxy groups -OCH3 is 2. The van der Waals surface area contributed by atoms with Crippen LogP contribution in [0.2, 0.25) is 0 Å². The summed E-state index contributed by atoms with van der Waals surface area (Å²) in [6.45, 7) is 1.86. The maximum atomic E-state index is 13.9. The molecule has 0 aliphatic rings. The Labute approximate surface area is 217 Å². The number of hydrogen-bond donors (Lipinski definition) is 0. The first kappa shape index (κ1) is 28.0. The number of sulfonamides is 2. The van der Waals surface area contributed by atoms with Crippen LogP contribution in [0.3, 0.4) is 0 Å². The number of allylic oxidation sites excluding steroid dienone is 3. The molecule has 0 N–H and O–H groups in total. The Kier molecular flexibility index (Phi) is 9.17. The number of aryl methyl sites for hydroxylation is 1. The highest BCUT2D eigenvalue weighted by Crippen LogP contribution is 2.33. The van der Waals surface area contributed by atoms with Gasteiger partial charge in [0.15, 0.2) is 12.6 Å². The van der Waals surface area contributed by atoms with Gasteiger partial charge < -0.3 is 9.47 Å². The first-order chi connectivity index (χ1) is 17.7. The minimum atomic E-state index is -4.77. The van der Waals surface area contributed by atoms with Crippen LogP contribution in [-0.4, -0.2) is 47.3 Å². The molecule has 37 heavy (non-hydrogen) atoms. The van der Waals surface area contributed by atoms with Gasteiger partial charge >= 0.3 is 0 Å². The van der Waals surface area contributed by atoms with Crippen LogP contribution in [0.15, 0.2) is 113 Å². The zero-order chi connectivity index (χ0) is 27.1. The van der Waals surface area contributed by atoms with E-state index in [-0.39, 0.29) is 25.4 Å². The molecular formula is C27H27NO7S2. The Hall–Kier alpha value is -3.57. The second kappa shape index (κ2) is 12.1. The van der Waals surface area contributed by atoms with Crippen LogP contribution in [0.25, 0.3) is 5.57 Å². The fourth-order valence-corrected chi connectivity index (χ4v) is 7.20. The van der Waals surface area contributed by atoms with Gasteiger partial charge in [0.2, 0.25) is 0 Å². The van der Waals surface area contributed by atoms with E-state index in [9.17, 15) is 21.6 Å². The lowest BCUT2D eigenvalue weighted by atomic mass is 10.0. The second-order valence-corrected chi connectivity index (χ2v) is 11.6. The summed E-state index contributed by atoms with van der Waals surface area (Å²) in [5, 5.41) is 0. The van der Waals surface area contributed by atoms with Gasteiger partial charge in [-0.1, -0.05) is 72.3 Å². The molecule has 3 aromatic carbocycles. The molecule has 0 radical (unpaired) electrons. The molecule has 0 amide bonds. The number of carbonyl (C=O) groups excluding carboxylic acids is 1. The van der Waals surface area contributed by atoms with E-state index in [0.29, 0.717) is 5.56 Å². The van der Waals surface area contributed by atoms with Crippen molar-refractivity contribution in [2.75, 3.05) is 14.2 Å². The lowest BCUT2D eigenvalue weighted by molar-refractivity contribution is -0.105. The van der Waals surface area contributed by atoms with Gasteiger partial charge in [-0.2, -0.15) is 3.71 Å². The SMILES string of the molecule is COC(/C=C/C(=C(/C=O)N(S(=O)(=O)c1ccccc1)S(=O)(=O)c1ccccc1)c1ccc(C)cc1)OC. The van der Waals surface area contributed by atoms with Crippen molar-refractivity contribution in [2.45, 2.75) is 23.0 Å². The highest BCUT2D eigenvalue weighted by Gasteiger charge is 2.39. The highest BCUT2D eigenvalue weighted by molar-refractivity contribution is 8.04.